The van der Waals surface area contributed by atoms with E-state index in [1.165, 1.54) is 10.8 Å². The Morgan fingerprint density at radius 3 is 2.64 bits per heavy atom. The molecule has 0 bridgehead atoms. The van der Waals surface area contributed by atoms with E-state index < -0.39 is 14.0 Å². The number of carbonyl (C=O) groups excluding carboxylic acids is 1. The van der Waals surface area contributed by atoms with E-state index >= 15 is 0 Å². The van der Waals surface area contributed by atoms with E-state index in [1.54, 1.807) is 36.5 Å². The van der Waals surface area contributed by atoms with Gasteiger partial charge in [-0.2, -0.15) is 5.10 Å². The van der Waals surface area contributed by atoms with E-state index in [4.69, 9.17) is 19.9 Å². The van der Waals surface area contributed by atoms with Gasteiger partial charge in [-0.3, -0.25) is 0 Å². The number of nitrogens with two attached hydrogens (primary N) is 1. The maximum atomic E-state index is 12.8. The summed E-state index contributed by atoms with van der Waals surface area (Å²) in [5.74, 6) is 8.60. The SMILES string of the molecule is C[Si](C)(C)C#CCOCCOCC#Cc1cc(N)ccc1C(=O)Oc1cccn2ncnc12. The largest absolute Gasteiger partial charge is 0.419 e. The highest BCUT2D eigenvalue weighted by atomic mass is 28.3. The minimum Gasteiger partial charge on any atom is -0.419 e. The van der Waals surface area contributed by atoms with Crippen LogP contribution in [0.4, 0.5) is 5.69 Å². The summed E-state index contributed by atoms with van der Waals surface area (Å²) in [4.78, 5) is 16.9. The van der Waals surface area contributed by atoms with Gasteiger partial charge in [-0.25, -0.2) is 14.3 Å². The third-order valence-electron chi connectivity index (χ3n) is 4.14. The van der Waals surface area contributed by atoms with Gasteiger partial charge in [0.05, 0.1) is 18.8 Å². The van der Waals surface area contributed by atoms with Gasteiger partial charge in [-0.05, 0) is 30.3 Å². The summed E-state index contributed by atoms with van der Waals surface area (Å²) in [6, 6.07) is 8.20. The molecule has 0 atom stereocenters. The molecule has 0 spiro atoms. The molecule has 0 saturated carbocycles. The van der Waals surface area contributed by atoms with Crippen LogP contribution in [0.2, 0.25) is 19.6 Å². The summed E-state index contributed by atoms with van der Waals surface area (Å²) >= 11 is 0. The minimum atomic E-state index is -1.36. The lowest BCUT2D eigenvalue weighted by atomic mass is 10.1. The van der Waals surface area contributed by atoms with Crippen LogP contribution >= 0.6 is 0 Å². The molecule has 2 heterocycles. The van der Waals surface area contributed by atoms with Crippen molar-refractivity contribution in [2.24, 2.45) is 0 Å². The lowest BCUT2D eigenvalue weighted by Gasteiger charge is -2.07. The molecule has 0 saturated heterocycles. The van der Waals surface area contributed by atoms with E-state index in [2.05, 4.69) is 53.0 Å². The molecular weight excluding hydrogens is 436 g/mol. The lowest BCUT2D eigenvalue weighted by molar-refractivity contribution is 0.0735. The van der Waals surface area contributed by atoms with Crippen LogP contribution in [0.25, 0.3) is 5.65 Å². The summed E-state index contributed by atoms with van der Waals surface area (Å²) in [5, 5.41) is 4.03. The van der Waals surface area contributed by atoms with Crippen molar-refractivity contribution in [2.75, 3.05) is 32.2 Å². The fraction of sp³-hybridized carbons (Fsp3) is 0.292. The van der Waals surface area contributed by atoms with Crippen molar-refractivity contribution in [3.05, 3.63) is 54.0 Å². The molecule has 33 heavy (non-hydrogen) atoms. The maximum Gasteiger partial charge on any atom is 0.344 e. The molecule has 0 aliphatic carbocycles. The molecule has 0 aliphatic heterocycles. The Morgan fingerprint density at radius 1 is 1.12 bits per heavy atom. The number of ether oxygens (including phenoxy) is 3. The van der Waals surface area contributed by atoms with Crippen molar-refractivity contribution < 1.29 is 19.0 Å². The van der Waals surface area contributed by atoms with Gasteiger partial charge in [0, 0.05) is 17.4 Å². The first kappa shape index (κ1) is 24.0. The highest BCUT2D eigenvalue weighted by Gasteiger charge is 2.15. The second kappa shape index (κ2) is 11.3. The molecule has 3 aromatic rings. The molecule has 2 aromatic heterocycles. The van der Waals surface area contributed by atoms with Gasteiger partial charge < -0.3 is 19.9 Å². The Labute approximate surface area is 194 Å². The number of fused-ring (bicyclic) bond motifs is 1. The maximum absolute atomic E-state index is 12.8. The van der Waals surface area contributed by atoms with Crippen molar-refractivity contribution in [1.29, 1.82) is 0 Å². The predicted octanol–water partition coefficient (Wildman–Crippen LogP) is 2.80. The second-order valence-corrected chi connectivity index (χ2v) is 12.8. The average Bonchev–Trinajstić information content (AvgIpc) is 3.24. The zero-order chi connectivity index (χ0) is 23.7. The van der Waals surface area contributed by atoms with Crippen LogP contribution in [-0.4, -0.2) is 55.1 Å². The monoisotopic (exact) mass is 462 g/mol. The molecule has 9 heteroatoms. The number of hydrogen-bond acceptors (Lipinski definition) is 7. The summed E-state index contributed by atoms with van der Waals surface area (Å²) < 4.78 is 18.0. The summed E-state index contributed by atoms with van der Waals surface area (Å²) in [5.41, 5.74) is 10.8. The predicted molar refractivity (Wildman–Crippen MR) is 128 cm³/mol. The summed E-state index contributed by atoms with van der Waals surface area (Å²) in [7, 11) is -1.36. The van der Waals surface area contributed by atoms with Gasteiger partial charge in [0.2, 0.25) is 0 Å². The van der Waals surface area contributed by atoms with Crippen LogP contribution in [0.1, 0.15) is 15.9 Å². The fourth-order valence-corrected chi connectivity index (χ4v) is 3.30. The first-order valence-electron chi connectivity index (χ1n) is 10.4. The number of nitrogens with zero attached hydrogens (tertiary/aromatic N) is 3. The van der Waals surface area contributed by atoms with Crippen molar-refractivity contribution >= 4 is 25.4 Å². The highest BCUT2D eigenvalue weighted by molar-refractivity contribution is 6.83. The zero-order valence-electron chi connectivity index (χ0n) is 18.9. The molecule has 0 radical (unpaired) electrons. The van der Waals surface area contributed by atoms with Gasteiger partial charge in [-0.1, -0.05) is 37.4 Å². The van der Waals surface area contributed by atoms with Crippen LogP contribution in [0.5, 0.6) is 5.75 Å². The van der Waals surface area contributed by atoms with E-state index in [0.717, 1.165) is 0 Å². The molecular formula is C24H26N4O4Si. The normalized spacial score (nSPS) is 10.8. The van der Waals surface area contributed by atoms with Crippen molar-refractivity contribution in [3.63, 3.8) is 0 Å². The molecule has 0 amide bonds. The third kappa shape index (κ3) is 7.47. The second-order valence-electron chi connectivity index (χ2n) is 8.05. The van der Waals surface area contributed by atoms with Crippen LogP contribution < -0.4 is 10.5 Å². The number of aromatic nitrogens is 3. The van der Waals surface area contributed by atoms with Gasteiger partial charge in [0.1, 0.15) is 27.6 Å². The third-order valence-corrected chi connectivity index (χ3v) is 5.07. The van der Waals surface area contributed by atoms with E-state index in [9.17, 15) is 4.79 Å². The number of hydrogen-bond donors (Lipinski definition) is 1. The number of anilines is 1. The van der Waals surface area contributed by atoms with E-state index in [0.29, 0.717) is 48.0 Å². The molecule has 0 fully saturated rings. The smallest absolute Gasteiger partial charge is 0.344 e. The fourth-order valence-electron chi connectivity index (χ4n) is 2.70. The molecule has 8 nitrogen and oxygen atoms in total. The number of nitrogen functional groups attached to an aromatic ring is 1. The molecule has 170 valence electrons. The van der Waals surface area contributed by atoms with Crippen LogP contribution in [-0.2, 0) is 9.47 Å². The molecule has 1 aromatic carbocycles. The Bertz CT molecular complexity index is 1240. The highest BCUT2D eigenvalue weighted by Crippen LogP contribution is 2.20. The topological polar surface area (TPSA) is 101 Å². The molecule has 0 unspecified atom stereocenters. The van der Waals surface area contributed by atoms with Gasteiger partial charge in [0.15, 0.2) is 11.4 Å². The minimum absolute atomic E-state index is 0.187. The average molecular weight is 463 g/mol. The van der Waals surface area contributed by atoms with Gasteiger partial charge in [-0.15, -0.1) is 5.54 Å². The number of esters is 1. The van der Waals surface area contributed by atoms with Crippen molar-refractivity contribution in [1.82, 2.24) is 14.6 Å². The molecule has 3 rings (SSSR count). The van der Waals surface area contributed by atoms with E-state index in [1.807, 2.05) is 0 Å². The van der Waals surface area contributed by atoms with Crippen molar-refractivity contribution in [2.45, 2.75) is 19.6 Å². The molecule has 0 aliphatic rings. The van der Waals surface area contributed by atoms with Gasteiger partial charge in [0.25, 0.3) is 0 Å². The van der Waals surface area contributed by atoms with Crippen LogP contribution in [0, 0.1) is 23.3 Å². The first-order valence-corrected chi connectivity index (χ1v) is 13.9. The Balaban J connectivity index is 1.55. The molecule has 2 N–H and O–H groups in total. The van der Waals surface area contributed by atoms with Gasteiger partial charge >= 0.3 is 5.97 Å². The zero-order valence-corrected chi connectivity index (χ0v) is 19.9. The van der Waals surface area contributed by atoms with Crippen molar-refractivity contribution in [3.8, 4) is 29.1 Å². The quantitative estimate of drug-likeness (QED) is 0.189. The lowest BCUT2D eigenvalue weighted by Crippen LogP contribution is -2.16. The first-order chi connectivity index (χ1) is 15.8. The summed E-state index contributed by atoms with van der Waals surface area (Å²) in [6.07, 6.45) is 3.10. The van der Waals surface area contributed by atoms with Crippen LogP contribution in [0.15, 0.2) is 42.9 Å². The number of benzene rings is 1. The Hall–Kier alpha value is -3.63. The van der Waals surface area contributed by atoms with E-state index in [-0.39, 0.29) is 6.61 Å². The van der Waals surface area contributed by atoms with Crippen LogP contribution in [0.3, 0.4) is 0 Å². The number of pyridine rings is 1. The standard InChI is InChI=1S/C24H26N4O4Si/c1-33(2,3)16-6-13-31-15-14-30-12-5-7-19-17-20(25)9-10-21(19)24(29)32-22-8-4-11-28-23(22)26-18-27-28/h4,8-11,17-18H,12-15,25H2,1-3H3. The number of rotatable bonds is 7. The summed E-state index contributed by atoms with van der Waals surface area (Å²) in [6.45, 7) is 7.98. The number of carbonyl (C=O) groups is 1. The Kier molecular flexibility index (Phi) is 8.22. The Morgan fingerprint density at radius 2 is 1.88 bits per heavy atom.